The fourth-order valence-corrected chi connectivity index (χ4v) is 2.82. The molecule has 0 fully saturated rings. The van der Waals surface area contributed by atoms with Crippen molar-refractivity contribution in [1.82, 2.24) is 0 Å². The zero-order valence-corrected chi connectivity index (χ0v) is 13.1. The van der Waals surface area contributed by atoms with Gasteiger partial charge in [0.1, 0.15) is 5.82 Å². The Hall–Kier alpha value is -1.88. The number of benzene rings is 1. The summed E-state index contributed by atoms with van der Waals surface area (Å²) in [6.45, 7) is 3.79. The lowest BCUT2D eigenvalue weighted by Crippen LogP contribution is -2.36. The maximum atomic E-state index is 13.1. The smallest absolute Gasteiger partial charge is 0.307 e. The lowest BCUT2D eigenvalue weighted by Gasteiger charge is -2.29. The molecule has 2 unspecified atom stereocenters. The Morgan fingerprint density at radius 2 is 1.82 bits per heavy atom. The third kappa shape index (κ3) is 3.47. The van der Waals surface area contributed by atoms with E-state index in [-0.39, 0.29) is 10.9 Å². The van der Waals surface area contributed by atoms with Gasteiger partial charge < -0.3 is 10.4 Å². The zero-order chi connectivity index (χ0) is 16.4. The second-order valence-corrected chi connectivity index (χ2v) is 6.05. The first-order chi connectivity index (χ1) is 10.3. The SMILES string of the molecule is CC1=C(C)CC(C(=O)Nc2ccc(F)c(Cl)c2)C(C(=O)O)C1. The van der Waals surface area contributed by atoms with Crippen molar-refractivity contribution in [3.05, 3.63) is 40.2 Å². The van der Waals surface area contributed by atoms with Gasteiger partial charge in [-0.2, -0.15) is 0 Å². The molecule has 2 atom stereocenters. The highest BCUT2D eigenvalue weighted by Gasteiger charge is 2.37. The summed E-state index contributed by atoms with van der Waals surface area (Å²) in [4.78, 5) is 23.8. The molecule has 0 aromatic heterocycles. The molecule has 0 spiro atoms. The molecule has 2 N–H and O–H groups in total. The number of hydrogen-bond acceptors (Lipinski definition) is 2. The second-order valence-electron chi connectivity index (χ2n) is 5.64. The monoisotopic (exact) mass is 325 g/mol. The van der Waals surface area contributed by atoms with Crippen molar-refractivity contribution in [3.8, 4) is 0 Å². The topological polar surface area (TPSA) is 66.4 Å². The summed E-state index contributed by atoms with van der Waals surface area (Å²) in [7, 11) is 0. The predicted octanol–water partition coefficient (Wildman–Crippen LogP) is 3.86. The van der Waals surface area contributed by atoms with E-state index in [2.05, 4.69) is 5.32 Å². The molecule has 0 saturated carbocycles. The number of carbonyl (C=O) groups excluding carboxylic acids is 1. The van der Waals surface area contributed by atoms with Crippen molar-refractivity contribution >= 4 is 29.2 Å². The molecule has 0 radical (unpaired) electrons. The first kappa shape index (κ1) is 16.5. The van der Waals surface area contributed by atoms with Crippen LogP contribution in [0.2, 0.25) is 5.02 Å². The molecule has 0 bridgehead atoms. The van der Waals surface area contributed by atoms with E-state index in [0.29, 0.717) is 18.5 Å². The molecule has 0 aliphatic heterocycles. The highest BCUT2D eigenvalue weighted by atomic mass is 35.5. The molecule has 6 heteroatoms. The largest absolute Gasteiger partial charge is 0.481 e. The highest BCUT2D eigenvalue weighted by Crippen LogP contribution is 2.35. The summed E-state index contributed by atoms with van der Waals surface area (Å²) in [6.07, 6.45) is 0.771. The highest BCUT2D eigenvalue weighted by molar-refractivity contribution is 6.31. The van der Waals surface area contributed by atoms with Gasteiger partial charge in [0.05, 0.1) is 16.9 Å². The third-order valence-corrected chi connectivity index (χ3v) is 4.40. The fourth-order valence-electron chi connectivity index (χ4n) is 2.64. The van der Waals surface area contributed by atoms with Gasteiger partial charge in [0.2, 0.25) is 5.91 Å². The van der Waals surface area contributed by atoms with Gasteiger partial charge in [-0.3, -0.25) is 9.59 Å². The minimum Gasteiger partial charge on any atom is -0.481 e. The summed E-state index contributed by atoms with van der Waals surface area (Å²) in [5.74, 6) is -3.34. The van der Waals surface area contributed by atoms with Crippen LogP contribution in [0.15, 0.2) is 29.3 Å². The van der Waals surface area contributed by atoms with E-state index in [1.165, 1.54) is 12.1 Å². The van der Waals surface area contributed by atoms with Crippen molar-refractivity contribution in [2.24, 2.45) is 11.8 Å². The van der Waals surface area contributed by atoms with E-state index in [9.17, 15) is 19.1 Å². The van der Waals surface area contributed by atoms with Crippen molar-refractivity contribution < 1.29 is 19.1 Å². The lowest BCUT2D eigenvalue weighted by molar-refractivity contribution is -0.146. The maximum absolute atomic E-state index is 13.1. The Balaban J connectivity index is 2.19. The second kappa shape index (κ2) is 6.48. The van der Waals surface area contributed by atoms with Gasteiger partial charge in [0.25, 0.3) is 0 Å². The van der Waals surface area contributed by atoms with Crippen molar-refractivity contribution in [2.45, 2.75) is 26.7 Å². The number of amides is 1. The number of aliphatic carboxylic acids is 1. The molecule has 1 amide bonds. The van der Waals surface area contributed by atoms with E-state index in [4.69, 9.17) is 11.6 Å². The van der Waals surface area contributed by atoms with Crippen LogP contribution in [-0.2, 0) is 9.59 Å². The Morgan fingerprint density at radius 1 is 1.23 bits per heavy atom. The van der Waals surface area contributed by atoms with Crippen LogP contribution in [0.25, 0.3) is 0 Å². The average molecular weight is 326 g/mol. The average Bonchev–Trinajstić information content (AvgIpc) is 2.45. The number of rotatable bonds is 3. The number of carbonyl (C=O) groups is 2. The van der Waals surface area contributed by atoms with Gasteiger partial charge >= 0.3 is 5.97 Å². The van der Waals surface area contributed by atoms with Crippen LogP contribution in [0.4, 0.5) is 10.1 Å². The van der Waals surface area contributed by atoms with Gasteiger partial charge in [0.15, 0.2) is 0 Å². The molecule has 1 aliphatic carbocycles. The molecular weight excluding hydrogens is 309 g/mol. The Morgan fingerprint density at radius 3 is 2.36 bits per heavy atom. The minimum atomic E-state index is -0.982. The number of hydrogen-bond donors (Lipinski definition) is 2. The standard InChI is InChI=1S/C16H17ClFNO3/c1-8-5-11(12(16(21)22)6-9(8)2)15(20)19-10-3-4-14(18)13(17)7-10/h3-4,7,11-12H,5-6H2,1-2H3,(H,19,20)(H,21,22). The molecule has 1 aliphatic rings. The lowest BCUT2D eigenvalue weighted by atomic mass is 9.76. The summed E-state index contributed by atoms with van der Waals surface area (Å²) in [5.41, 5.74) is 2.40. The van der Waals surface area contributed by atoms with E-state index in [1.54, 1.807) is 0 Å². The molecule has 0 saturated heterocycles. The fraction of sp³-hybridized carbons (Fsp3) is 0.375. The number of carboxylic acid groups (broad SMARTS) is 1. The Labute approximate surface area is 133 Å². The van der Waals surface area contributed by atoms with Gasteiger partial charge in [-0.1, -0.05) is 22.7 Å². The molecular formula is C16H17ClFNO3. The summed E-state index contributed by atoms with van der Waals surface area (Å²) < 4.78 is 13.1. The van der Waals surface area contributed by atoms with E-state index >= 15 is 0 Å². The number of carboxylic acids is 1. The zero-order valence-electron chi connectivity index (χ0n) is 12.3. The molecule has 1 aromatic carbocycles. The molecule has 118 valence electrons. The molecule has 0 heterocycles. The van der Waals surface area contributed by atoms with E-state index in [0.717, 1.165) is 17.2 Å². The first-order valence-electron chi connectivity index (χ1n) is 6.93. The summed E-state index contributed by atoms with van der Waals surface area (Å²) >= 11 is 5.68. The van der Waals surface area contributed by atoms with Crippen LogP contribution in [0.3, 0.4) is 0 Å². The van der Waals surface area contributed by atoms with Crippen LogP contribution in [0, 0.1) is 17.7 Å². The van der Waals surface area contributed by atoms with Crippen molar-refractivity contribution in [3.63, 3.8) is 0 Å². The maximum Gasteiger partial charge on any atom is 0.307 e. The van der Waals surface area contributed by atoms with Crippen LogP contribution in [0.5, 0.6) is 0 Å². The predicted molar refractivity (Wildman–Crippen MR) is 82.3 cm³/mol. The number of halogens is 2. The minimum absolute atomic E-state index is 0.0943. The Kier molecular flexibility index (Phi) is 4.86. The van der Waals surface area contributed by atoms with E-state index < -0.39 is 23.6 Å². The van der Waals surface area contributed by atoms with Gasteiger partial charge in [-0.15, -0.1) is 0 Å². The Bertz CT molecular complexity index is 657. The van der Waals surface area contributed by atoms with Crippen LogP contribution in [0.1, 0.15) is 26.7 Å². The van der Waals surface area contributed by atoms with Crippen LogP contribution < -0.4 is 5.32 Å². The number of anilines is 1. The summed E-state index contributed by atoms with van der Waals surface area (Å²) in [6, 6.07) is 3.86. The first-order valence-corrected chi connectivity index (χ1v) is 7.31. The van der Waals surface area contributed by atoms with Crippen LogP contribution in [-0.4, -0.2) is 17.0 Å². The quantitative estimate of drug-likeness (QED) is 0.829. The normalized spacial score (nSPS) is 21.6. The van der Waals surface area contributed by atoms with Gasteiger partial charge in [-0.25, -0.2) is 4.39 Å². The van der Waals surface area contributed by atoms with Crippen molar-refractivity contribution in [2.75, 3.05) is 5.32 Å². The number of nitrogens with one attached hydrogen (secondary N) is 1. The molecule has 1 aromatic rings. The molecule has 4 nitrogen and oxygen atoms in total. The third-order valence-electron chi connectivity index (χ3n) is 4.11. The molecule has 2 rings (SSSR count). The number of allylic oxidation sites excluding steroid dienone is 2. The van der Waals surface area contributed by atoms with Crippen molar-refractivity contribution in [1.29, 1.82) is 0 Å². The molecule has 22 heavy (non-hydrogen) atoms. The van der Waals surface area contributed by atoms with Crippen LogP contribution >= 0.6 is 11.6 Å². The summed E-state index contributed by atoms with van der Waals surface area (Å²) in [5, 5.41) is 11.9. The van der Waals surface area contributed by atoms with Gasteiger partial charge in [0, 0.05) is 5.69 Å². The van der Waals surface area contributed by atoms with E-state index in [1.807, 2.05) is 13.8 Å². The van der Waals surface area contributed by atoms with Gasteiger partial charge in [-0.05, 0) is 44.9 Å².